The molecule has 3 saturated carbocycles. The van der Waals surface area contributed by atoms with Gasteiger partial charge < -0.3 is 10.6 Å². The molecule has 0 aromatic heterocycles. The standard InChI is InChI=1S/C16H15F5N2O3/c17-10-2-1-9(3-11(10)18)12(24)4-22-14-6-15(7-14,8-14)23-13(25)5-26-16(19,20)21/h1-3,22H,4-8H2,(H,23,25). The van der Waals surface area contributed by atoms with Gasteiger partial charge in [0.25, 0.3) is 0 Å². The first-order valence-electron chi connectivity index (χ1n) is 7.77. The van der Waals surface area contributed by atoms with E-state index in [4.69, 9.17) is 0 Å². The summed E-state index contributed by atoms with van der Waals surface area (Å²) >= 11 is 0. The van der Waals surface area contributed by atoms with Gasteiger partial charge in [-0.3, -0.25) is 14.3 Å². The van der Waals surface area contributed by atoms with Gasteiger partial charge in [0.15, 0.2) is 17.4 Å². The van der Waals surface area contributed by atoms with Gasteiger partial charge in [0.2, 0.25) is 5.91 Å². The predicted octanol–water partition coefficient (Wildman–Crippen LogP) is 2.06. The van der Waals surface area contributed by atoms with Crippen LogP contribution in [0.4, 0.5) is 22.0 Å². The monoisotopic (exact) mass is 378 g/mol. The highest BCUT2D eigenvalue weighted by Gasteiger charge is 2.68. The summed E-state index contributed by atoms with van der Waals surface area (Å²) in [4.78, 5) is 23.5. The Hall–Kier alpha value is -2.07. The van der Waals surface area contributed by atoms with E-state index in [1.54, 1.807) is 0 Å². The van der Waals surface area contributed by atoms with Crippen molar-refractivity contribution in [2.45, 2.75) is 36.7 Å². The summed E-state index contributed by atoms with van der Waals surface area (Å²) in [6, 6.07) is 2.88. The number of carbonyl (C=O) groups is 2. The number of Topliss-reactive ketones (excluding diaryl/α,β-unsaturated/α-hetero) is 1. The largest absolute Gasteiger partial charge is 0.523 e. The molecule has 142 valence electrons. The molecule has 26 heavy (non-hydrogen) atoms. The first-order chi connectivity index (χ1) is 12.0. The lowest BCUT2D eigenvalue weighted by Crippen LogP contribution is -2.83. The summed E-state index contributed by atoms with van der Waals surface area (Å²) in [6.45, 7) is -1.19. The Balaban J connectivity index is 1.42. The maximum absolute atomic E-state index is 13.1. The number of hydrogen-bond donors (Lipinski definition) is 2. The number of ketones is 1. The molecule has 0 atom stereocenters. The van der Waals surface area contributed by atoms with Crippen molar-refractivity contribution in [1.29, 1.82) is 0 Å². The van der Waals surface area contributed by atoms with Crippen molar-refractivity contribution in [2.24, 2.45) is 0 Å². The zero-order valence-corrected chi connectivity index (χ0v) is 13.4. The summed E-state index contributed by atoms with van der Waals surface area (Å²) < 4.78 is 65.1. The van der Waals surface area contributed by atoms with Crippen LogP contribution in [0.15, 0.2) is 18.2 Å². The molecule has 10 heteroatoms. The van der Waals surface area contributed by atoms with Crippen LogP contribution in [0.3, 0.4) is 0 Å². The van der Waals surface area contributed by atoms with E-state index in [1.807, 2.05) is 0 Å². The van der Waals surface area contributed by atoms with E-state index < -0.39 is 41.8 Å². The lowest BCUT2D eigenvalue weighted by molar-refractivity contribution is -0.321. The third kappa shape index (κ3) is 3.85. The molecule has 4 rings (SSSR count). The van der Waals surface area contributed by atoms with E-state index in [0.29, 0.717) is 19.3 Å². The van der Waals surface area contributed by atoms with Crippen LogP contribution in [-0.2, 0) is 9.53 Å². The number of nitrogens with one attached hydrogen (secondary N) is 2. The molecule has 1 amide bonds. The van der Waals surface area contributed by atoms with Gasteiger partial charge in [-0.05, 0) is 37.5 Å². The van der Waals surface area contributed by atoms with E-state index in [-0.39, 0.29) is 17.6 Å². The topological polar surface area (TPSA) is 67.4 Å². The van der Waals surface area contributed by atoms with Crippen molar-refractivity contribution in [3.05, 3.63) is 35.4 Å². The average Bonchev–Trinajstić information content (AvgIpc) is 2.48. The molecule has 0 unspecified atom stereocenters. The van der Waals surface area contributed by atoms with Crippen LogP contribution in [0.5, 0.6) is 0 Å². The van der Waals surface area contributed by atoms with Gasteiger partial charge >= 0.3 is 6.36 Å². The first-order valence-corrected chi connectivity index (χ1v) is 7.77. The Labute approximate surface area is 144 Å². The van der Waals surface area contributed by atoms with Crippen LogP contribution in [-0.4, -0.2) is 42.3 Å². The molecule has 2 bridgehead atoms. The Morgan fingerprint density at radius 1 is 1.08 bits per heavy atom. The number of ether oxygens (including phenoxy) is 1. The Morgan fingerprint density at radius 3 is 2.31 bits per heavy atom. The van der Waals surface area contributed by atoms with Crippen LogP contribution >= 0.6 is 0 Å². The summed E-state index contributed by atoms with van der Waals surface area (Å²) in [5, 5.41) is 5.53. The molecule has 0 radical (unpaired) electrons. The smallest absolute Gasteiger partial charge is 0.348 e. The van der Waals surface area contributed by atoms with Crippen LogP contribution in [0.1, 0.15) is 29.6 Å². The Morgan fingerprint density at radius 2 is 1.73 bits per heavy atom. The summed E-state index contributed by atoms with van der Waals surface area (Å²) in [6.07, 6.45) is -3.44. The molecule has 1 aromatic carbocycles. The van der Waals surface area contributed by atoms with Crippen LogP contribution in [0, 0.1) is 11.6 Å². The second-order valence-corrected chi connectivity index (χ2v) is 6.78. The minimum Gasteiger partial charge on any atom is -0.348 e. The highest BCUT2D eigenvalue weighted by Crippen LogP contribution is 2.60. The fourth-order valence-electron chi connectivity index (χ4n) is 3.63. The van der Waals surface area contributed by atoms with Crippen molar-refractivity contribution >= 4 is 11.7 Å². The van der Waals surface area contributed by atoms with Crippen molar-refractivity contribution in [2.75, 3.05) is 13.2 Å². The molecular formula is C16H15F5N2O3. The van der Waals surface area contributed by atoms with Gasteiger partial charge in [-0.2, -0.15) is 0 Å². The van der Waals surface area contributed by atoms with Gasteiger partial charge in [0.1, 0.15) is 6.61 Å². The fourth-order valence-corrected chi connectivity index (χ4v) is 3.63. The van der Waals surface area contributed by atoms with Crippen molar-refractivity contribution in [1.82, 2.24) is 10.6 Å². The summed E-state index contributed by atoms with van der Waals surface area (Å²) in [5.74, 6) is -3.41. The lowest BCUT2D eigenvalue weighted by Gasteiger charge is -2.70. The second kappa shape index (κ2) is 6.27. The number of benzene rings is 1. The molecule has 0 heterocycles. The average molecular weight is 378 g/mol. The number of amides is 1. The third-order valence-electron chi connectivity index (χ3n) is 4.67. The minimum absolute atomic E-state index is 0.0373. The summed E-state index contributed by atoms with van der Waals surface area (Å²) in [7, 11) is 0. The van der Waals surface area contributed by atoms with E-state index >= 15 is 0 Å². The molecule has 0 spiro atoms. The van der Waals surface area contributed by atoms with E-state index in [1.165, 1.54) is 6.07 Å². The Kier molecular flexibility index (Phi) is 4.51. The highest BCUT2D eigenvalue weighted by molar-refractivity contribution is 5.97. The van der Waals surface area contributed by atoms with Gasteiger partial charge in [0.05, 0.1) is 6.54 Å². The van der Waals surface area contributed by atoms with Gasteiger partial charge in [-0.25, -0.2) is 8.78 Å². The maximum atomic E-state index is 13.1. The molecule has 0 aliphatic heterocycles. The first kappa shape index (κ1) is 18.7. The van der Waals surface area contributed by atoms with E-state index in [9.17, 15) is 31.5 Å². The molecule has 3 aliphatic carbocycles. The van der Waals surface area contributed by atoms with Crippen molar-refractivity contribution in [3.8, 4) is 0 Å². The molecule has 5 nitrogen and oxygen atoms in total. The zero-order chi connectivity index (χ0) is 19.2. The number of alkyl halides is 3. The third-order valence-corrected chi connectivity index (χ3v) is 4.67. The second-order valence-electron chi connectivity index (χ2n) is 6.78. The van der Waals surface area contributed by atoms with Crippen LogP contribution < -0.4 is 10.6 Å². The van der Waals surface area contributed by atoms with Crippen molar-refractivity contribution in [3.63, 3.8) is 0 Å². The van der Waals surface area contributed by atoms with Gasteiger partial charge in [-0.15, -0.1) is 13.2 Å². The summed E-state index contributed by atoms with van der Waals surface area (Å²) in [5.41, 5.74) is -0.897. The van der Waals surface area contributed by atoms with Crippen LogP contribution in [0.2, 0.25) is 0 Å². The van der Waals surface area contributed by atoms with E-state index in [0.717, 1.165) is 12.1 Å². The molecule has 3 aliphatic rings. The fraction of sp³-hybridized carbons (Fsp3) is 0.500. The SMILES string of the molecule is O=C(COC(F)(F)F)NC12CC(NCC(=O)c3ccc(F)c(F)c3)(C1)C2. The molecule has 1 aromatic rings. The van der Waals surface area contributed by atoms with E-state index in [2.05, 4.69) is 15.4 Å². The number of rotatable bonds is 7. The zero-order valence-electron chi connectivity index (χ0n) is 13.4. The number of halogens is 5. The minimum atomic E-state index is -4.86. The molecule has 3 fully saturated rings. The highest BCUT2D eigenvalue weighted by atomic mass is 19.4. The quantitative estimate of drug-likeness (QED) is 0.563. The molecular weight excluding hydrogens is 363 g/mol. The predicted molar refractivity (Wildman–Crippen MR) is 78.2 cm³/mol. The molecule has 2 N–H and O–H groups in total. The van der Waals surface area contributed by atoms with Gasteiger partial charge in [-0.1, -0.05) is 0 Å². The van der Waals surface area contributed by atoms with Gasteiger partial charge in [0, 0.05) is 16.6 Å². The van der Waals surface area contributed by atoms with Crippen molar-refractivity contribution < 1.29 is 36.3 Å². The lowest BCUT2D eigenvalue weighted by atomic mass is 9.44. The Bertz CT molecular complexity index is 730. The number of carbonyl (C=O) groups excluding carboxylic acids is 2. The van der Waals surface area contributed by atoms with Crippen LogP contribution in [0.25, 0.3) is 0 Å². The molecule has 0 saturated heterocycles. The normalized spacial score (nSPS) is 26.7. The maximum Gasteiger partial charge on any atom is 0.523 e. The number of hydrogen-bond acceptors (Lipinski definition) is 4.